The molecule has 4 amide bonds. The lowest BCUT2D eigenvalue weighted by atomic mass is 9.89. The van der Waals surface area contributed by atoms with Crippen LogP contribution in [-0.4, -0.2) is 93.0 Å². The van der Waals surface area contributed by atoms with Crippen LogP contribution in [0.25, 0.3) is 44.4 Å². The molecule has 4 aromatic carbocycles. The molecule has 14 heteroatoms. The molecule has 0 spiro atoms. The minimum atomic E-state index is -0.779. The first-order valence-electron chi connectivity index (χ1n) is 24.3. The van der Waals surface area contributed by atoms with Crippen molar-refractivity contribution in [2.24, 2.45) is 11.8 Å². The van der Waals surface area contributed by atoms with E-state index < -0.39 is 18.2 Å². The van der Waals surface area contributed by atoms with E-state index in [4.69, 9.17) is 19.4 Å². The summed E-state index contributed by atoms with van der Waals surface area (Å²) in [7, 11) is 1.31. The summed E-state index contributed by atoms with van der Waals surface area (Å²) in [5.74, 6) is 1.35. The minimum absolute atomic E-state index is 0.102. The molecule has 352 valence electrons. The maximum Gasteiger partial charge on any atom is 0.407 e. The SMILES string of the molecule is COC(=O)N[C@H](C(=O)N1CCC[C@H]1c1nc2c([nH]1)CCc1cc(-c3ccc4cc(-c5cnc([C@@H]6CCCN6C(=O)[C@H](NC(=O)CC6CCOCC6)c6ccccc6)[nH]5)ccc4c3)ccc1-2)C(C)C. The van der Waals surface area contributed by atoms with Crippen molar-refractivity contribution >= 4 is 34.6 Å². The molecule has 4 aliphatic rings. The quantitative estimate of drug-likeness (QED) is 0.0943. The largest absolute Gasteiger partial charge is 0.453 e. The van der Waals surface area contributed by atoms with Crippen LogP contribution in [0.4, 0.5) is 4.79 Å². The Morgan fingerprint density at radius 2 is 1.44 bits per heavy atom. The van der Waals surface area contributed by atoms with Gasteiger partial charge in [-0.2, -0.15) is 0 Å². The number of methoxy groups -OCH3 is 1. The fraction of sp³-hybridized carbons (Fsp3) is 0.407. The highest BCUT2D eigenvalue weighted by Gasteiger charge is 2.39. The number of alkyl carbamates (subject to hydrolysis) is 1. The van der Waals surface area contributed by atoms with Gasteiger partial charge in [0.05, 0.1) is 36.8 Å². The van der Waals surface area contributed by atoms with Gasteiger partial charge in [-0.1, -0.05) is 86.6 Å². The molecule has 1 aliphatic carbocycles. The Balaban J connectivity index is 0.828. The molecule has 0 radical (unpaired) electrons. The number of nitrogens with one attached hydrogen (secondary N) is 4. The normalized spacial score (nSPS) is 19.1. The van der Waals surface area contributed by atoms with E-state index in [1.165, 1.54) is 12.7 Å². The summed E-state index contributed by atoms with van der Waals surface area (Å²) < 4.78 is 10.3. The molecule has 68 heavy (non-hydrogen) atoms. The third kappa shape index (κ3) is 9.13. The topological polar surface area (TPSA) is 175 Å². The number of hydrogen-bond acceptors (Lipinski definition) is 8. The van der Waals surface area contributed by atoms with Crippen molar-refractivity contribution in [2.45, 2.75) is 95.8 Å². The number of nitrogens with zero attached hydrogens (tertiary/aromatic N) is 4. The fourth-order valence-electron chi connectivity index (χ4n) is 10.7. The van der Waals surface area contributed by atoms with E-state index in [1.807, 2.05) is 60.2 Å². The van der Waals surface area contributed by atoms with Crippen molar-refractivity contribution in [1.82, 2.24) is 40.4 Å². The summed E-state index contributed by atoms with van der Waals surface area (Å²) in [6.45, 7) is 6.38. The van der Waals surface area contributed by atoms with Gasteiger partial charge in [0.2, 0.25) is 17.7 Å². The summed E-state index contributed by atoms with van der Waals surface area (Å²) in [5, 5.41) is 8.07. The van der Waals surface area contributed by atoms with Crippen molar-refractivity contribution in [3.63, 3.8) is 0 Å². The highest BCUT2D eigenvalue weighted by molar-refractivity contribution is 5.92. The van der Waals surface area contributed by atoms with Crippen LogP contribution in [0.3, 0.4) is 0 Å². The zero-order chi connectivity index (χ0) is 46.9. The van der Waals surface area contributed by atoms with Crippen molar-refractivity contribution in [3.05, 3.63) is 120 Å². The molecule has 5 heterocycles. The molecule has 2 aromatic heterocycles. The first kappa shape index (κ1) is 45.0. The number of amides is 4. The zero-order valence-corrected chi connectivity index (χ0v) is 39.1. The van der Waals surface area contributed by atoms with E-state index in [1.54, 1.807) is 0 Å². The standard InChI is InChI=1S/C54H60N8O6/c1-32(2)47(60-54(66)67-3)52(64)62-24-8-12-45(62)51-56-42-20-18-39-29-38(17-19-41(39)49(42)59-51)35-13-14-37-30-40(16-15-36(37)28-35)43-31-55-50(57-43)44-11-7-23-61(44)53(65)48(34-9-5-4-6-10-34)58-46(63)27-33-21-25-68-26-22-33/h4-6,9-10,13-17,19,28-33,44-45,47-48H,7-8,11-12,18,20-27H2,1-3H3,(H,55,57)(H,56,59)(H,58,63)(H,60,66)/t44-,45-,47-,48+/m0/s1. The zero-order valence-electron chi connectivity index (χ0n) is 39.1. The van der Waals surface area contributed by atoms with Crippen LogP contribution in [0, 0.1) is 11.8 Å². The predicted molar refractivity (Wildman–Crippen MR) is 259 cm³/mol. The van der Waals surface area contributed by atoms with Crippen molar-refractivity contribution < 1.29 is 28.7 Å². The Morgan fingerprint density at radius 3 is 2.18 bits per heavy atom. The van der Waals surface area contributed by atoms with E-state index in [-0.39, 0.29) is 41.6 Å². The van der Waals surface area contributed by atoms with Gasteiger partial charge in [-0.05, 0) is 108 Å². The number of hydrogen-bond donors (Lipinski definition) is 4. The van der Waals surface area contributed by atoms with Gasteiger partial charge in [0.15, 0.2) is 0 Å². The second-order valence-electron chi connectivity index (χ2n) is 19.2. The van der Waals surface area contributed by atoms with Gasteiger partial charge in [0, 0.05) is 49.5 Å². The number of imidazole rings is 2. The third-order valence-corrected chi connectivity index (χ3v) is 14.5. The summed E-state index contributed by atoms with van der Waals surface area (Å²) in [4.78, 5) is 74.5. The Hall–Kier alpha value is -6.80. The number of H-pyrrole nitrogens is 2. The van der Waals surface area contributed by atoms with Crippen LogP contribution in [-0.2, 0) is 36.7 Å². The molecule has 0 bridgehead atoms. The molecule has 3 saturated heterocycles. The second-order valence-corrected chi connectivity index (χ2v) is 19.2. The van der Waals surface area contributed by atoms with Gasteiger partial charge in [-0.15, -0.1) is 0 Å². The molecule has 4 N–H and O–H groups in total. The Bertz CT molecular complexity index is 2830. The van der Waals surface area contributed by atoms with Gasteiger partial charge in [0.25, 0.3) is 0 Å². The Labute approximate surface area is 396 Å². The average molecular weight is 917 g/mol. The number of aryl methyl sites for hydroxylation is 2. The van der Waals surface area contributed by atoms with Gasteiger partial charge >= 0.3 is 6.09 Å². The van der Waals surface area contributed by atoms with Gasteiger partial charge in [0.1, 0.15) is 23.7 Å². The summed E-state index contributed by atoms with van der Waals surface area (Å²) >= 11 is 0. The average Bonchev–Trinajstić information content (AvgIpc) is 4.22. The van der Waals surface area contributed by atoms with Crippen molar-refractivity contribution in [2.75, 3.05) is 33.4 Å². The van der Waals surface area contributed by atoms with Crippen LogP contribution in [0.1, 0.15) is 105 Å². The summed E-state index contributed by atoms with van der Waals surface area (Å²) in [5.41, 5.74) is 9.32. The van der Waals surface area contributed by atoms with Crippen LogP contribution in [0.15, 0.2) is 91.1 Å². The molecule has 0 saturated carbocycles. The molecule has 10 rings (SSSR count). The van der Waals surface area contributed by atoms with E-state index in [2.05, 4.69) is 75.2 Å². The number of fused-ring (bicyclic) bond motifs is 4. The fourth-order valence-corrected chi connectivity index (χ4v) is 10.7. The number of likely N-dealkylation sites (tertiary alicyclic amines) is 2. The smallest absolute Gasteiger partial charge is 0.407 e. The molecule has 14 nitrogen and oxygen atoms in total. The van der Waals surface area contributed by atoms with Crippen LogP contribution >= 0.6 is 0 Å². The highest BCUT2D eigenvalue weighted by Crippen LogP contribution is 2.40. The van der Waals surface area contributed by atoms with E-state index in [0.717, 1.165) is 119 Å². The van der Waals surface area contributed by atoms with Crippen LogP contribution in [0.2, 0.25) is 0 Å². The number of aromatic amines is 2. The molecule has 3 fully saturated rings. The Morgan fingerprint density at radius 1 is 0.765 bits per heavy atom. The Kier molecular flexibility index (Phi) is 12.9. The number of rotatable bonds is 12. The van der Waals surface area contributed by atoms with E-state index >= 15 is 0 Å². The van der Waals surface area contributed by atoms with Gasteiger partial charge < -0.3 is 39.9 Å². The molecule has 4 atom stereocenters. The maximum absolute atomic E-state index is 14.4. The number of ether oxygens (including phenoxy) is 2. The maximum atomic E-state index is 14.4. The third-order valence-electron chi connectivity index (χ3n) is 14.5. The number of carbonyl (C=O) groups is 4. The predicted octanol–water partition coefficient (Wildman–Crippen LogP) is 8.77. The van der Waals surface area contributed by atoms with E-state index in [9.17, 15) is 19.2 Å². The molecular formula is C54H60N8O6. The molecule has 3 aliphatic heterocycles. The lowest BCUT2D eigenvalue weighted by Crippen LogP contribution is -2.51. The number of benzene rings is 4. The number of carbonyl (C=O) groups excluding carboxylic acids is 4. The van der Waals surface area contributed by atoms with E-state index in [0.29, 0.717) is 32.7 Å². The summed E-state index contributed by atoms with van der Waals surface area (Å²) in [6.07, 6.45) is 8.33. The lowest BCUT2D eigenvalue weighted by Gasteiger charge is -2.30. The van der Waals surface area contributed by atoms with Crippen LogP contribution < -0.4 is 10.6 Å². The molecule has 6 aromatic rings. The van der Waals surface area contributed by atoms with Crippen LogP contribution in [0.5, 0.6) is 0 Å². The molecular weight excluding hydrogens is 857 g/mol. The monoisotopic (exact) mass is 916 g/mol. The first-order valence-corrected chi connectivity index (χ1v) is 24.3. The lowest BCUT2D eigenvalue weighted by molar-refractivity contribution is -0.138. The summed E-state index contributed by atoms with van der Waals surface area (Å²) in [6, 6.07) is 27.3. The highest BCUT2D eigenvalue weighted by atomic mass is 16.5. The molecule has 0 unspecified atom stereocenters. The second kappa shape index (κ2) is 19.4. The van der Waals surface area contributed by atoms with Gasteiger partial charge in [-0.25, -0.2) is 14.8 Å². The van der Waals surface area contributed by atoms with Crippen molar-refractivity contribution in [3.8, 4) is 33.6 Å². The number of aromatic nitrogens is 4. The van der Waals surface area contributed by atoms with Crippen molar-refractivity contribution in [1.29, 1.82) is 0 Å². The first-order chi connectivity index (χ1) is 33.1. The minimum Gasteiger partial charge on any atom is -0.453 e. The van der Waals surface area contributed by atoms with Gasteiger partial charge in [-0.3, -0.25) is 14.4 Å².